The van der Waals surface area contributed by atoms with Crippen molar-refractivity contribution in [3.8, 4) is 0 Å². The van der Waals surface area contributed by atoms with E-state index in [1.165, 1.54) is 12.8 Å². The van der Waals surface area contributed by atoms with Crippen LogP contribution in [0.1, 0.15) is 31.7 Å². The third-order valence-electron chi connectivity index (χ3n) is 1.83. The first kappa shape index (κ1) is 10.3. The van der Waals surface area contributed by atoms with Crippen LogP contribution in [-0.4, -0.2) is 0 Å². The minimum absolute atomic E-state index is 0.678. The predicted octanol–water partition coefficient (Wildman–Crippen LogP) is 4.34. The molecule has 0 nitrogen and oxygen atoms in total. The normalized spacial score (nSPS) is 10.9. The van der Waals surface area contributed by atoms with Gasteiger partial charge in [-0.15, -0.1) is 0 Å². The van der Waals surface area contributed by atoms with Crippen LogP contribution < -0.4 is 0 Å². The molecule has 0 amide bonds. The Morgan fingerprint density at radius 3 is 3.08 bits per heavy atom. The van der Waals surface area contributed by atoms with Gasteiger partial charge in [0, 0.05) is 11.1 Å². The SMILES string of the molecule is CCCCC=Cc1cc[c]c(Cl)c1. The second-order valence-corrected chi connectivity index (χ2v) is 3.42. The molecule has 1 aromatic rings. The monoisotopic (exact) mass is 193 g/mol. The summed E-state index contributed by atoms with van der Waals surface area (Å²) < 4.78 is 0. The predicted molar refractivity (Wildman–Crippen MR) is 58.8 cm³/mol. The molecule has 0 spiro atoms. The molecule has 0 atom stereocenters. The van der Waals surface area contributed by atoms with Gasteiger partial charge in [-0.2, -0.15) is 0 Å². The van der Waals surface area contributed by atoms with Gasteiger partial charge in [-0.3, -0.25) is 0 Å². The Kier molecular flexibility index (Phi) is 4.63. The van der Waals surface area contributed by atoms with Crippen molar-refractivity contribution in [2.75, 3.05) is 0 Å². The molecule has 0 bridgehead atoms. The molecule has 0 saturated carbocycles. The van der Waals surface area contributed by atoms with Crippen molar-refractivity contribution in [2.24, 2.45) is 0 Å². The molecule has 13 heavy (non-hydrogen) atoms. The lowest BCUT2D eigenvalue weighted by atomic mass is 10.2. The minimum atomic E-state index is 0.678. The fraction of sp³-hybridized carbons (Fsp3) is 0.333. The Bertz CT molecular complexity index is 276. The fourth-order valence-corrected chi connectivity index (χ4v) is 1.29. The summed E-state index contributed by atoms with van der Waals surface area (Å²) in [6, 6.07) is 8.68. The average molecular weight is 194 g/mol. The van der Waals surface area contributed by atoms with Gasteiger partial charge in [-0.1, -0.05) is 55.7 Å². The Morgan fingerprint density at radius 2 is 2.38 bits per heavy atom. The topological polar surface area (TPSA) is 0 Å². The molecule has 1 aromatic carbocycles. The van der Waals surface area contributed by atoms with Crippen molar-refractivity contribution < 1.29 is 0 Å². The van der Waals surface area contributed by atoms with Crippen LogP contribution in [0.4, 0.5) is 0 Å². The summed E-state index contributed by atoms with van der Waals surface area (Å²) in [6.07, 6.45) is 7.94. The first-order chi connectivity index (χ1) is 6.33. The lowest BCUT2D eigenvalue weighted by molar-refractivity contribution is 0.816. The van der Waals surface area contributed by atoms with Crippen LogP contribution in [0.2, 0.25) is 5.02 Å². The summed E-state index contributed by atoms with van der Waals surface area (Å²) in [6.45, 7) is 2.20. The van der Waals surface area contributed by atoms with E-state index in [9.17, 15) is 0 Å². The maximum atomic E-state index is 5.80. The van der Waals surface area contributed by atoms with E-state index in [1.54, 1.807) is 0 Å². The number of halogens is 1. The highest BCUT2D eigenvalue weighted by Gasteiger charge is 1.88. The number of unbranched alkanes of at least 4 members (excludes halogenated alkanes) is 2. The van der Waals surface area contributed by atoms with Gasteiger partial charge < -0.3 is 0 Å². The summed E-state index contributed by atoms with van der Waals surface area (Å²) in [5, 5.41) is 0.678. The van der Waals surface area contributed by atoms with E-state index in [4.69, 9.17) is 11.6 Å². The highest BCUT2D eigenvalue weighted by molar-refractivity contribution is 6.30. The molecule has 0 aliphatic rings. The number of rotatable bonds is 4. The zero-order chi connectivity index (χ0) is 9.52. The van der Waals surface area contributed by atoms with Crippen LogP contribution in [-0.2, 0) is 0 Å². The Morgan fingerprint density at radius 1 is 1.54 bits per heavy atom. The van der Waals surface area contributed by atoms with E-state index < -0.39 is 0 Å². The first-order valence-electron chi connectivity index (χ1n) is 4.66. The van der Waals surface area contributed by atoms with Gasteiger partial charge in [-0.05, 0) is 18.1 Å². The van der Waals surface area contributed by atoms with Crippen molar-refractivity contribution in [3.05, 3.63) is 40.9 Å². The lowest BCUT2D eigenvalue weighted by Gasteiger charge is -1.93. The van der Waals surface area contributed by atoms with Crippen molar-refractivity contribution in [1.29, 1.82) is 0 Å². The van der Waals surface area contributed by atoms with Crippen molar-refractivity contribution >= 4 is 17.7 Å². The molecule has 1 rings (SSSR count). The van der Waals surface area contributed by atoms with Gasteiger partial charge in [0.15, 0.2) is 0 Å². The molecule has 0 heterocycles. The number of allylic oxidation sites excluding steroid dienone is 1. The maximum absolute atomic E-state index is 5.80. The third kappa shape index (κ3) is 4.14. The molecule has 0 N–H and O–H groups in total. The minimum Gasteiger partial charge on any atom is -0.0839 e. The van der Waals surface area contributed by atoms with E-state index >= 15 is 0 Å². The highest BCUT2D eigenvalue weighted by atomic mass is 35.5. The number of benzene rings is 1. The van der Waals surface area contributed by atoms with Gasteiger partial charge in [0.2, 0.25) is 0 Å². The van der Waals surface area contributed by atoms with Crippen LogP contribution in [0.5, 0.6) is 0 Å². The van der Waals surface area contributed by atoms with Gasteiger partial charge in [-0.25, -0.2) is 0 Å². The molecule has 0 unspecified atom stereocenters. The molecule has 0 saturated heterocycles. The summed E-state index contributed by atoms with van der Waals surface area (Å²) in [5.41, 5.74) is 1.15. The number of hydrogen-bond acceptors (Lipinski definition) is 0. The van der Waals surface area contributed by atoms with E-state index in [0.717, 1.165) is 12.0 Å². The Labute approximate surface area is 85.2 Å². The molecule has 1 heteroatoms. The van der Waals surface area contributed by atoms with Gasteiger partial charge >= 0.3 is 0 Å². The zero-order valence-corrected chi connectivity index (χ0v) is 8.64. The number of hydrogen-bond donors (Lipinski definition) is 0. The van der Waals surface area contributed by atoms with Crippen molar-refractivity contribution in [3.63, 3.8) is 0 Å². The lowest BCUT2D eigenvalue weighted by Crippen LogP contribution is -1.72. The van der Waals surface area contributed by atoms with E-state index in [1.807, 2.05) is 18.2 Å². The molecule has 1 radical (unpaired) electrons. The average Bonchev–Trinajstić information content (AvgIpc) is 2.13. The Balaban J connectivity index is 2.48. The standard InChI is InChI=1S/C12H14Cl/c1-2-3-4-5-7-11-8-6-9-12(13)10-11/h5-8,10H,2-4H2,1H3. The van der Waals surface area contributed by atoms with Crippen LogP contribution in [0.15, 0.2) is 24.3 Å². The summed E-state index contributed by atoms with van der Waals surface area (Å²) >= 11 is 5.80. The molecule has 0 aromatic heterocycles. The van der Waals surface area contributed by atoms with Crippen LogP contribution in [0.3, 0.4) is 0 Å². The third-order valence-corrected chi connectivity index (χ3v) is 2.04. The van der Waals surface area contributed by atoms with Crippen LogP contribution in [0.25, 0.3) is 6.08 Å². The quantitative estimate of drug-likeness (QED) is 0.624. The summed E-state index contributed by atoms with van der Waals surface area (Å²) in [5.74, 6) is 0. The maximum Gasteiger partial charge on any atom is 0.0490 e. The molecule has 0 fully saturated rings. The molecular formula is C12H14Cl. The first-order valence-corrected chi connectivity index (χ1v) is 5.04. The van der Waals surface area contributed by atoms with Gasteiger partial charge in [0.25, 0.3) is 0 Å². The van der Waals surface area contributed by atoms with E-state index in [2.05, 4.69) is 25.1 Å². The van der Waals surface area contributed by atoms with Gasteiger partial charge in [0.1, 0.15) is 0 Å². The highest BCUT2D eigenvalue weighted by Crippen LogP contribution is 2.11. The Hall–Kier alpha value is -0.750. The summed E-state index contributed by atoms with van der Waals surface area (Å²) in [7, 11) is 0. The largest absolute Gasteiger partial charge is 0.0839 e. The van der Waals surface area contributed by atoms with E-state index in [-0.39, 0.29) is 0 Å². The molecular weight excluding hydrogens is 180 g/mol. The zero-order valence-electron chi connectivity index (χ0n) is 7.89. The summed E-state index contributed by atoms with van der Waals surface area (Å²) in [4.78, 5) is 0. The molecule has 69 valence electrons. The second-order valence-electron chi connectivity index (χ2n) is 3.01. The molecule has 0 aliphatic heterocycles. The van der Waals surface area contributed by atoms with Crippen molar-refractivity contribution in [1.82, 2.24) is 0 Å². The van der Waals surface area contributed by atoms with Crippen LogP contribution >= 0.6 is 11.6 Å². The molecule has 0 aliphatic carbocycles. The van der Waals surface area contributed by atoms with E-state index in [0.29, 0.717) is 5.02 Å². The van der Waals surface area contributed by atoms with Crippen LogP contribution in [0, 0.1) is 6.07 Å². The fourth-order valence-electron chi connectivity index (χ4n) is 1.10. The van der Waals surface area contributed by atoms with Crippen molar-refractivity contribution in [2.45, 2.75) is 26.2 Å². The second kappa shape index (κ2) is 5.82. The smallest absolute Gasteiger partial charge is 0.0490 e. The van der Waals surface area contributed by atoms with Gasteiger partial charge in [0.05, 0.1) is 0 Å².